The van der Waals surface area contributed by atoms with Gasteiger partial charge in [-0.15, -0.1) is 15.3 Å². The van der Waals surface area contributed by atoms with Gasteiger partial charge in [0.05, 0.1) is 18.4 Å². The molecule has 8 heteroatoms. The molecule has 0 amide bonds. The van der Waals surface area contributed by atoms with E-state index in [1.54, 1.807) is 29.7 Å². The lowest BCUT2D eigenvalue weighted by Gasteiger charge is -2.17. The highest BCUT2D eigenvalue weighted by Crippen LogP contribution is 2.30. The normalized spacial score (nSPS) is 14.6. The predicted molar refractivity (Wildman–Crippen MR) is 82.7 cm³/mol. The maximum atomic E-state index is 9.36. The maximum Gasteiger partial charge on any atom is 0.208 e. The van der Waals surface area contributed by atoms with Crippen LogP contribution in [0.25, 0.3) is 10.6 Å². The lowest BCUT2D eigenvalue weighted by molar-refractivity contribution is 0.475. The Hall–Kier alpha value is -2.48. The number of phenols is 1. The molecular formula is C14H14N6OS. The molecule has 4 rings (SSSR count). The SMILES string of the molecule is Oc1ccc(-c2nnc(N3CCCn4nncc4C3)s2)cc1. The van der Waals surface area contributed by atoms with Crippen LogP contribution in [0.5, 0.6) is 5.75 Å². The molecule has 0 saturated heterocycles. The highest BCUT2D eigenvalue weighted by molar-refractivity contribution is 7.18. The lowest BCUT2D eigenvalue weighted by atomic mass is 10.2. The molecule has 1 N–H and O–H groups in total. The van der Waals surface area contributed by atoms with Crippen molar-refractivity contribution in [1.29, 1.82) is 0 Å². The van der Waals surface area contributed by atoms with Crippen molar-refractivity contribution in [2.24, 2.45) is 0 Å². The van der Waals surface area contributed by atoms with Crippen molar-refractivity contribution in [2.75, 3.05) is 11.4 Å². The van der Waals surface area contributed by atoms with E-state index >= 15 is 0 Å². The van der Waals surface area contributed by atoms with Gasteiger partial charge in [-0.1, -0.05) is 16.6 Å². The van der Waals surface area contributed by atoms with Crippen molar-refractivity contribution >= 4 is 16.5 Å². The fourth-order valence-electron chi connectivity index (χ4n) is 2.50. The summed E-state index contributed by atoms with van der Waals surface area (Å²) >= 11 is 1.56. The highest BCUT2D eigenvalue weighted by atomic mass is 32.1. The molecule has 1 aromatic carbocycles. The van der Waals surface area contributed by atoms with Crippen molar-refractivity contribution in [3.05, 3.63) is 36.2 Å². The van der Waals surface area contributed by atoms with E-state index in [-0.39, 0.29) is 5.75 Å². The first-order chi connectivity index (χ1) is 10.8. The Bertz CT molecular complexity index is 781. The zero-order valence-corrected chi connectivity index (χ0v) is 12.6. The summed E-state index contributed by atoms with van der Waals surface area (Å²) in [5.41, 5.74) is 2.06. The summed E-state index contributed by atoms with van der Waals surface area (Å²) in [5.74, 6) is 0.252. The van der Waals surface area contributed by atoms with E-state index < -0.39 is 0 Å². The fourth-order valence-corrected chi connectivity index (χ4v) is 3.38. The number of hydrogen-bond acceptors (Lipinski definition) is 7. The van der Waals surface area contributed by atoms with Gasteiger partial charge in [-0.05, 0) is 30.7 Å². The van der Waals surface area contributed by atoms with Gasteiger partial charge in [0.2, 0.25) is 5.13 Å². The summed E-state index contributed by atoms with van der Waals surface area (Å²) in [6.45, 7) is 2.56. The van der Waals surface area contributed by atoms with Crippen LogP contribution in [-0.2, 0) is 13.1 Å². The predicted octanol–water partition coefficient (Wildman–Crippen LogP) is 1.91. The molecule has 0 unspecified atom stereocenters. The maximum absolute atomic E-state index is 9.36. The number of nitrogens with zero attached hydrogens (tertiary/aromatic N) is 6. The minimum absolute atomic E-state index is 0.252. The molecular weight excluding hydrogens is 300 g/mol. The minimum Gasteiger partial charge on any atom is -0.508 e. The van der Waals surface area contributed by atoms with Gasteiger partial charge in [0.1, 0.15) is 10.8 Å². The Balaban J connectivity index is 1.60. The van der Waals surface area contributed by atoms with Gasteiger partial charge >= 0.3 is 0 Å². The third-order valence-corrected chi connectivity index (χ3v) is 4.68. The Kier molecular flexibility index (Phi) is 3.23. The molecule has 0 aliphatic carbocycles. The van der Waals surface area contributed by atoms with Crippen LogP contribution in [0, 0.1) is 0 Å². The molecule has 0 bridgehead atoms. The Morgan fingerprint density at radius 1 is 1.09 bits per heavy atom. The van der Waals surface area contributed by atoms with Gasteiger partial charge in [-0.3, -0.25) is 0 Å². The molecule has 0 spiro atoms. The van der Waals surface area contributed by atoms with E-state index in [0.717, 1.165) is 47.5 Å². The number of rotatable bonds is 2. The number of anilines is 1. The van der Waals surface area contributed by atoms with Crippen LogP contribution in [0.2, 0.25) is 0 Å². The third-order valence-electron chi connectivity index (χ3n) is 3.65. The smallest absolute Gasteiger partial charge is 0.208 e. The molecule has 22 heavy (non-hydrogen) atoms. The zero-order chi connectivity index (χ0) is 14.9. The fraction of sp³-hybridized carbons (Fsp3) is 0.286. The molecule has 1 aliphatic rings. The Morgan fingerprint density at radius 3 is 2.82 bits per heavy atom. The first-order valence-electron chi connectivity index (χ1n) is 7.05. The van der Waals surface area contributed by atoms with Crippen LogP contribution in [0.1, 0.15) is 12.1 Å². The molecule has 0 fully saturated rings. The third kappa shape index (κ3) is 2.41. The average molecular weight is 314 g/mol. The van der Waals surface area contributed by atoms with E-state index in [2.05, 4.69) is 25.4 Å². The van der Waals surface area contributed by atoms with Crippen LogP contribution in [0.4, 0.5) is 5.13 Å². The number of aromatic hydroxyl groups is 1. The second-order valence-electron chi connectivity index (χ2n) is 5.16. The van der Waals surface area contributed by atoms with E-state index in [4.69, 9.17) is 0 Å². The molecule has 7 nitrogen and oxygen atoms in total. The van der Waals surface area contributed by atoms with Gasteiger partial charge in [0, 0.05) is 18.7 Å². The number of aryl methyl sites for hydroxylation is 1. The van der Waals surface area contributed by atoms with Crippen LogP contribution < -0.4 is 4.90 Å². The molecule has 112 valence electrons. The van der Waals surface area contributed by atoms with Crippen molar-refractivity contribution in [2.45, 2.75) is 19.5 Å². The van der Waals surface area contributed by atoms with Crippen LogP contribution in [0.15, 0.2) is 30.5 Å². The van der Waals surface area contributed by atoms with Gasteiger partial charge in [-0.25, -0.2) is 4.68 Å². The highest BCUT2D eigenvalue weighted by Gasteiger charge is 2.19. The molecule has 0 radical (unpaired) electrons. The second kappa shape index (κ2) is 5.38. The van der Waals surface area contributed by atoms with Crippen LogP contribution >= 0.6 is 11.3 Å². The second-order valence-corrected chi connectivity index (χ2v) is 6.12. The minimum atomic E-state index is 0.252. The van der Waals surface area contributed by atoms with Gasteiger partial charge < -0.3 is 10.0 Å². The molecule has 0 saturated carbocycles. The van der Waals surface area contributed by atoms with Crippen molar-refractivity contribution < 1.29 is 5.11 Å². The topological polar surface area (TPSA) is 80.0 Å². The van der Waals surface area contributed by atoms with E-state index in [9.17, 15) is 5.11 Å². The van der Waals surface area contributed by atoms with E-state index in [1.807, 2.05) is 16.8 Å². The summed E-state index contributed by atoms with van der Waals surface area (Å²) < 4.78 is 1.95. The Labute approximate surface area is 130 Å². The quantitative estimate of drug-likeness (QED) is 0.778. The van der Waals surface area contributed by atoms with Crippen molar-refractivity contribution in [3.8, 4) is 16.3 Å². The summed E-state index contributed by atoms with van der Waals surface area (Å²) in [6.07, 6.45) is 2.81. The van der Waals surface area contributed by atoms with Gasteiger partial charge in [0.15, 0.2) is 0 Å². The number of hydrogen-bond donors (Lipinski definition) is 1. The van der Waals surface area contributed by atoms with Crippen LogP contribution in [-0.4, -0.2) is 36.8 Å². The molecule has 2 aromatic heterocycles. The van der Waals surface area contributed by atoms with Crippen molar-refractivity contribution in [1.82, 2.24) is 25.2 Å². The summed E-state index contributed by atoms with van der Waals surface area (Å²) in [5, 5.41) is 27.8. The van der Waals surface area contributed by atoms with E-state index in [1.165, 1.54) is 0 Å². The van der Waals surface area contributed by atoms with Gasteiger partial charge in [0.25, 0.3) is 0 Å². The Morgan fingerprint density at radius 2 is 1.95 bits per heavy atom. The monoisotopic (exact) mass is 314 g/mol. The van der Waals surface area contributed by atoms with Crippen molar-refractivity contribution in [3.63, 3.8) is 0 Å². The largest absolute Gasteiger partial charge is 0.508 e. The van der Waals surface area contributed by atoms with Gasteiger partial charge in [-0.2, -0.15) is 0 Å². The number of benzene rings is 1. The first-order valence-corrected chi connectivity index (χ1v) is 7.86. The molecule has 1 aliphatic heterocycles. The number of fused-ring (bicyclic) bond motifs is 1. The number of aromatic nitrogens is 5. The molecule has 3 aromatic rings. The lowest BCUT2D eigenvalue weighted by Crippen LogP contribution is -2.22. The van der Waals surface area contributed by atoms with E-state index in [0.29, 0.717) is 0 Å². The summed E-state index contributed by atoms with van der Waals surface area (Å²) in [4.78, 5) is 2.21. The van der Waals surface area contributed by atoms with Crippen LogP contribution in [0.3, 0.4) is 0 Å². The first kappa shape index (κ1) is 13.2. The number of phenolic OH excluding ortho intramolecular Hbond substituents is 1. The molecule has 3 heterocycles. The zero-order valence-electron chi connectivity index (χ0n) is 11.8. The summed E-state index contributed by atoms with van der Waals surface area (Å²) in [6, 6.07) is 7.02. The average Bonchev–Trinajstić information content (AvgIpc) is 3.14. The summed E-state index contributed by atoms with van der Waals surface area (Å²) in [7, 11) is 0. The molecule has 0 atom stereocenters. The standard InChI is InChI=1S/C14H14N6OS/c21-12-4-2-10(3-5-12)13-16-17-14(22-13)19-6-1-7-20-11(9-19)8-15-18-20/h2-5,8,21H,1,6-7,9H2.